The van der Waals surface area contributed by atoms with Crippen molar-refractivity contribution < 1.29 is 32.5 Å². The van der Waals surface area contributed by atoms with Crippen molar-refractivity contribution in [1.82, 2.24) is 20.2 Å². The third-order valence-corrected chi connectivity index (χ3v) is 4.78. The average molecular weight is 463 g/mol. The normalized spacial score (nSPS) is 13.2. The first-order valence-electron chi connectivity index (χ1n) is 9.66. The molecule has 0 radical (unpaired) electrons. The number of nitrogens with one attached hydrogen (secondary N) is 2. The second kappa shape index (κ2) is 9.00. The first-order valence-corrected chi connectivity index (χ1v) is 9.66. The molecule has 0 amide bonds. The number of aromatic amines is 1. The lowest BCUT2D eigenvalue weighted by molar-refractivity contribution is 0.132. The largest absolute Gasteiger partial charge is 0.421 e. The van der Waals surface area contributed by atoms with Crippen molar-refractivity contribution in [3.8, 4) is 23.0 Å². The van der Waals surface area contributed by atoms with Crippen LogP contribution in [-0.2, 0) is 0 Å². The molecule has 2 aromatic heterocycles. The molecule has 8 nitrogen and oxygen atoms in total. The van der Waals surface area contributed by atoms with Crippen LogP contribution in [0.15, 0.2) is 36.4 Å². The zero-order valence-electron chi connectivity index (χ0n) is 17.0. The molecule has 2 unspecified atom stereocenters. The summed E-state index contributed by atoms with van der Waals surface area (Å²) in [5.41, 5.74) is -0.0111. The van der Waals surface area contributed by atoms with Gasteiger partial charge in [-0.2, -0.15) is 15.1 Å². The molecule has 0 saturated heterocycles. The number of H-pyrrole nitrogens is 1. The van der Waals surface area contributed by atoms with Gasteiger partial charge in [-0.15, -0.1) is 0 Å². The van der Waals surface area contributed by atoms with E-state index >= 15 is 0 Å². The molecule has 2 heterocycles. The monoisotopic (exact) mass is 463 g/mol. The summed E-state index contributed by atoms with van der Waals surface area (Å²) >= 11 is 0. The molecule has 12 heteroatoms. The molecular formula is C21H17F4N5O3. The summed E-state index contributed by atoms with van der Waals surface area (Å²) in [6, 6.07) is 4.28. The number of benzene rings is 2. The van der Waals surface area contributed by atoms with Gasteiger partial charge in [0.25, 0.3) is 0 Å². The van der Waals surface area contributed by atoms with Gasteiger partial charge in [0.1, 0.15) is 29.0 Å². The van der Waals surface area contributed by atoms with Crippen molar-refractivity contribution in [1.29, 1.82) is 0 Å². The summed E-state index contributed by atoms with van der Waals surface area (Å²) in [6.45, 7) is 0.928. The summed E-state index contributed by atoms with van der Waals surface area (Å²) in [4.78, 5) is 8.24. The molecule has 0 aliphatic rings. The number of hydrogen-bond acceptors (Lipinski definition) is 7. The number of hydrogen-bond donors (Lipinski definition) is 4. The van der Waals surface area contributed by atoms with Gasteiger partial charge in [0, 0.05) is 17.7 Å². The number of anilines is 1. The van der Waals surface area contributed by atoms with Gasteiger partial charge in [-0.3, -0.25) is 5.10 Å². The Morgan fingerprint density at radius 1 is 1.03 bits per heavy atom. The van der Waals surface area contributed by atoms with E-state index in [4.69, 9.17) is 4.74 Å². The summed E-state index contributed by atoms with van der Waals surface area (Å²) in [7, 11) is 0. The third-order valence-electron chi connectivity index (χ3n) is 4.78. The summed E-state index contributed by atoms with van der Waals surface area (Å²) in [5.74, 6) is -3.87. The first-order chi connectivity index (χ1) is 15.8. The van der Waals surface area contributed by atoms with Crippen LogP contribution in [0, 0.1) is 23.3 Å². The van der Waals surface area contributed by atoms with Gasteiger partial charge in [0.15, 0.2) is 17.2 Å². The zero-order valence-corrected chi connectivity index (χ0v) is 17.0. The smallest absolute Gasteiger partial charge is 0.326 e. The van der Waals surface area contributed by atoms with E-state index in [1.807, 2.05) is 0 Å². The number of halogens is 4. The van der Waals surface area contributed by atoms with E-state index in [1.165, 1.54) is 13.0 Å². The second-order valence-corrected chi connectivity index (χ2v) is 7.13. The quantitative estimate of drug-likeness (QED) is 0.310. The van der Waals surface area contributed by atoms with Crippen molar-refractivity contribution in [3.63, 3.8) is 0 Å². The molecule has 0 fully saturated rings. The maximum absolute atomic E-state index is 14.4. The number of aliphatic hydroxyl groups excluding tert-OH is 2. The van der Waals surface area contributed by atoms with Gasteiger partial charge in [0.05, 0.1) is 24.1 Å². The fraction of sp³-hybridized carbons (Fsp3) is 0.190. The highest BCUT2D eigenvalue weighted by molar-refractivity contribution is 5.99. The van der Waals surface area contributed by atoms with Crippen molar-refractivity contribution in [2.24, 2.45) is 0 Å². The van der Waals surface area contributed by atoms with Crippen LogP contribution in [0.25, 0.3) is 22.3 Å². The Kier molecular flexibility index (Phi) is 6.11. The van der Waals surface area contributed by atoms with Crippen LogP contribution in [0.4, 0.5) is 23.4 Å². The SMILES string of the molecule is CC(O)C(CO)Nc1nc(Oc2ccc(F)cc2F)nc2[nH]nc(-c3ccc(F)cc3F)c12. The second-order valence-electron chi connectivity index (χ2n) is 7.13. The Labute approximate surface area is 183 Å². The number of rotatable bonds is 7. The number of fused-ring (bicyclic) bond motifs is 1. The lowest BCUT2D eigenvalue weighted by Crippen LogP contribution is -2.35. The molecule has 4 rings (SSSR count). The van der Waals surface area contributed by atoms with Crippen LogP contribution in [0.1, 0.15) is 6.92 Å². The fourth-order valence-corrected chi connectivity index (χ4v) is 3.09. The van der Waals surface area contributed by atoms with Gasteiger partial charge < -0.3 is 20.3 Å². The number of aromatic nitrogens is 4. The number of aliphatic hydroxyl groups is 2. The molecule has 0 aliphatic carbocycles. The van der Waals surface area contributed by atoms with Crippen molar-refractivity contribution >= 4 is 16.9 Å². The average Bonchev–Trinajstić information content (AvgIpc) is 3.17. The molecule has 0 spiro atoms. The van der Waals surface area contributed by atoms with Gasteiger partial charge in [-0.1, -0.05) is 0 Å². The third kappa shape index (κ3) is 4.56. The van der Waals surface area contributed by atoms with Crippen LogP contribution < -0.4 is 10.1 Å². The van der Waals surface area contributed by atoms with E-state index < -0.39 is 42.0 Å². The fourth-order valence-electron chi connectivity index (χ4n) is 3.09. The van der Waals surface area contributed by atoms with Crippen LogP contribution >= 0.6 is 0 Å². The maximum Gasteiger partial charge on any atom is 0.326 e. The van der Waals surface area contributed by atoms with Crippen LogP contribution in [0.2, 0.25) is 0 Å². The highest BCUT2D eigenvalue weighted by Gasteiger charge is 2.23. The number of nitrogens with zero attached hydrogens (tertiary/aromatic N) is 3. The molecule has 0 aliphatic heterocycles. The molecule has 172 valence electrons. The first kappa shape index (κ1) is 22.4. The summed E-state index contributed by atoms with van der Waals surface area (Å²) in [5, 5.41) is 29.1. The topological polar surface area (TPSA) is 116 Å². The minimum Gasteiger partial charge on any atom is -0.421 e. The van der Waals surface area contributed by atoms with E-state index in [-0.39, 0.29) is 39.9 Å². The molecule has 33 heavy (non-hydrogen) atoms. The molecule has 4 aromatic rings. The van der Waals surface area contributed by atoms with E-state index in [0.717, 1.165) is 18.2 Å². The van der Waals surface area contributed by atoms with E-state index in [9.17, 15) is 27.8 Å². The van der Waals surface area contributed by atoms with Gasteiger partial charge >= 0.3 is 6.01 Å². The van der Waals surface area contributed by atoms with Crippen molar-refractivity contribution in [3.05, 3.63) is 59.7 Å². The predicted octanol–water partition coefficient (Wildman–Crippen LogP) is 3.52. The Morgan fingerprint density at radius 3 is 2.36 bits per heavy atom. The molecule has 2 aromatic carbocycles. The highest BCUT2D eigenvalue weighted by Crippen LogP contribution is 2.34. The molecule has 4 N–H and O–H groups in total. The Morgan fingerprint density at radius 2 is 1.73 bits per heavy atom. The van der Waals surface area contributed by atoms with Crippen LogP contribution in [-0.4, -0.2) is 49.1 Å². The Hall–Kier alpha value is -3.77. The van der Waals surface area contributed by atoms with Crippen molar-refractivity contribution in [2.45, 2.75) is 19.1 Å². The summed E-state index contributed by atoms with van der Waals surface area (Å²) in [6.07, 6.45) is -1.03. The van der Waals surface area contributed by atoms with Gasteiger partial charge in [0.2, 0.25) is 0 Å². The Bertz CT molecular complexity index is 1310. The minimum absolute atomic E-state index is 0.0202. The van der Waals surface area contributed by atoms with E-state index in [2.05, 4.69) is 25.5 Å². The zero-order chi connectivity index (χ0) is 23.7. The molecular weight excluding hydrogens is 446 g/mol. The van der Waals surface area contributed by atoms with Crippen molar-refractivity contribution in [2.75, 3.05) is 11.9 Å². The van der Waals surface area contributed by atoms with E-state index in [1.54, 1.807) is 0 Å². The number of ether oxygens (including phenoxy) is 1. The van der Waals surface area contributed by atoms with Gasteiger partial charge in [-0.05, 0) is 31.2 Å². The lowest BCUT2D eigenvalue weighted by Gasteiger charge is -2.20. The van der Waals surface area contributed by atoms with Crippen LogP contribution in [0.5, 0.6) is 11.8 Å². The summed E-state index contributed by atoms with van der Waals surface area (Å²) < 4.78 is 60.4. The van der Waals surface area contributed by atoms with E-state index in [0.29, 0.717) is 12.1 Å². The lowest BCUT2D eigenvalue weighted by atomic mass is 10.1. The standard InChI is InChI=1S/C21H17F4N5O3/c1-9(32)15(8-31)26-19-17-18(12-4-2-10(22)6-13(12)24)29-30-20(17)28-21(27-19)33-16-5-3-11(23)7-14(16)25/h2-7,9,15,31-32H,8H2,1H3,(H2,26,27,28,29,30). The molecule has 2 atom stereocenters. The molecule has 0 saturated carbocycles. The maximum atomic E-state index is 14.4. The van der Waals surface area contributed by atoms with Crippen LogP contribution in [0.3, 0.4) is 0 Å². The predicted molar refractivity (Wildman–Crippen MR) is 110 cm³/mol. The minimum atomic E-state index is -1.03. The van der Waals surface area contributed by atoms with Gasteiger partial charge in [-0.25, -0.2) is 17.6 Å². The Balaban J connectivity index is 1.85. The highest BCUT2D eigenvalue weighted by atomic mass is 19.1. The molecule has 0 bridgehead atoms.